The zero-order chi connectivity index (χ0) is 20.2. The van der Waals surface area contributed by atoms with Gasteiger partial charge in [0.05, 0.1) is 0 Å². The molecule has 0 bridgehead atoms. The van der Waals surface area contributed by atoms with Gasteiger partial charge in [0.25, 0.3) is 0 Å². The van der Waals surface area contributed by atoms with Gasteiger partial charge >= 0.3 is 0 Å². The Hall–Kier alpha value is -1.61. The third kappa shape index (κ3) is 2.76. The average molecular weight is 406 g/mol. The van der Waals surface area contributed by atoms with Gasteiger partial charge in [-0.15, -0.1) is 0 Å². The van der Waals surface area contributed by atoms with Crippen molar-refractivity contribution in [3.63, 3.8) is 0 Å². The number of carbonyl (C=O) groups excluding carboxylic acids is 1. The lowest BCUT2D eigenvalue weighted by Gasteiger charge is -2.46. The number of hydrogen-bond donors (Lipinski definition) is 0. The zero-order valence-electron chi connectivity index (χ0n) is 18.4. The van der Waals surface area contributed by atoms with Crippen LogP contribution in [0.3, 0.4) is 0 Å². The minimum Gasteiger partial charge on any atom is -0.344 e. The van der Waals surface area contributed by atoms with Crippen molar-refractivity contribution in [2.75, 3.05) is 11.4 Å². The molecule has 0 radical (unpaired) electrons. The fourth-order valence-electron chi connectivity index (χ4n) is 6.65. The van der Waals surface area contributed by atoms with Gasteiger partial charge in [-0.3, -0.25) is 0 Å². The van der Waals surface area contributed by atoms with Gasteiger partial charge in [-0.25, -0.2) is 0 Å². The van der Waals surface area contributed by atoms with Crippen LogP contribution in [0.25, 0.3) is 0 Å². The number of rotatable bonds is 3. The van der Waals surface area contributed by atoms with E-state index >= 15 is 0 Å². The van der Waals surface area contributed by atoms with Crippen LogP contribution < -0.4 is 4.90 Å². The van der Waals surface area contributed by atoms with E-state index in [1.54, 1.807) is 11.3 Å². The molecule has 0 saturated heterocycles. The second kappa shape index (κ2) is 6.97. The molecular formula is C26H35NOSi. The van der Waals surface area contributed by atoms with E-state index in [0.29, 0.717) is 10.9 Å². The minimum atomic E-state index is -1.94. The van der Waals surface area contributed by atoms with E-state index in [9.17, 15) is 4.79 Å². The van der Waals surface area contributed by atoms with Gasteiger partial charge in [0, 0.05) is 23.3 Å². The van der Waals surface area contributed by atoms with Crippen LogP contribution in [0.15, 0.2) is 41.6 Å². The number of fused-ring (bicyclic) bond motifs is 6. The lowest BCUT2D eigenvalue weighted by atomic mass is 9.67. The average Bonchev–Trinajstić information content (AvgIpc) is 2.99. The Kier molecular flexibility index (Phi) is 4.65. The van der Waals surface area contributed by atoms with Crippen molar-refractivity contribution >= 4 is 19.2 Å². The highest BCUT2D eigenvalue weighted by molar-refractivity contribution is 7.07. The second-order valence-electron chi connectivity index (χ2n) is 10.3. The van der Waals surface area contributed by atoms with Crippen LogP contribution in [0.4, 0.5) is 5.69 Å². The summed E-state index contributed by atoms with van der Waals surface area (Å²) >= 11 is 0. The Balaban J connectivity index is 1.70. The summed E-state index contributed by atoms with van der Waals surface area (Å²) in [4.78, 5) is 15.4. The molecule has 1 atom stereocenters. The van der Waals surface area contributed by atoms with Crippen LogP contribution in [0.2, 0.25) is 18.6 Å². The molecule has 2 nitrogen and oxygen atoms in total. The standard InChI is InChI=1S/C26H35NOSi/c1-4-5-9-19-10-12-22-21(18-19)26(15-7-6-8-16-26)25-20-11-13-24(28)29(2,3)23(20)14-17-27(22)25/h10-13,18,23H,4-9,14-17H2,1-3H3. The van der Waals surface area contributed by atoms with Crippen LogP contribution in [-0.4, -0.2) is 20.0 Å². The summed E-state index contributed by atoms with van der Waals surface area (Å²) in [6, 6.07) is 7.37. The molecule has 4 aliphatic rings. The first-order chi connectivity index (χ1) is 14.0. The molecule has 154 valence electrons. The number of anilines is 1. The summed E-state index contributed by atoms with van der Waals surface area (Å²) in [5.74, 6) is 0. The molecule has 3 aliphatic heterocycles. The van der Waals surface area contributed by atoms with Crippen LogP contribution in [0.1, 0.15) is 69.4 Å². The van der Waals surface area contributed by atoms with E-state index in [2.05, 4.69) is 49.2 Å². The molecule has 1 aliphatic carbocycles. The summed E-state index contributed by atoms with van der Waals surface area (Å²) in [5.41, 5.74) is 8.41. The molecule has 1 saturated carbocycles. The lowest BCUT2D eigenvalue weighted by Crippen LogP contribution is -2.49. The number of carbonyl (C=O) groups is 1. The lowest BCUT2D eigenvalue weighted by molar-refractivity contribution is -0.108. The summed E-state index contributed by atoms with van der Waals surface area (Å²) in [7, 11) is -1.94. The van der Waals surface area contributed by atoms with Gasteiger partial charge in [0.15, 0.2) is 0 Å². The molecule has 1 fully saturated rings. The van der Waals surface area contributed by atoms with Crippen molar-refractivity contribution in [1.29, 1.82) is 0 Å². The van der Waals surface area contributed by atoms with Crippen molar-refractivity contribution in [3.8, 4) is 0 Å². The molecule has 0 amide bonds. The maximum absolute atomic E-state index is 12.7. The first-order valence-electron chi connectivity index (χ1n) is 11.9. The fourth-order valence-corrected chi connectivity index (χ4v) is 9.36. The molecule has 5 rings (SSSR count). The monoisotopic (exact) mass is 405 g/mol. The summed E-state index contributed by atoms with van der Waals surface area (Å²) in [5, 5.41) is 0.440. The van der Waals surface area contributed by atoms with Gasteiger partial charge in [0.2, 0.25) is 0 Å². The van der Waals surface area contributed by atoms with E-state index < -0.39 is 8.07 Å². The van der Waals surface area contributed by atoms with Crippen molar-refractivity contribution in [2.45, 2.75) is 88.8 Å². The maximum atomic E-state index is 12.7. The molecule has 1 unspecified atom stereocenters. The van der Waals surface area contributed by atoms with E-state index in [-0.39, 0.29) is 5.41 Å². The van der Waals surface area contributed by atoms with Gasteiger partial charge in [-0.1, -0.05) is 63.9 Å². The Morgan fingerprint density at radius 3 is 2.69 bits per heavy atom. The number of hydrogen-bond acceptors (Lipinski definition) is 2. The largest absolute Gasteiger partial charge is 0.344 e. The van der Waals surface area contributed by atoms with Gasteiger partial charge in [-0.2, -0.15) is 0 Å². The highest BCUT2D eigenvalue weighted by Gasteiger charge is 2.54. The molecule has 1 spiro atoms. The third-order valence-corrected chi connectivity index (χ3v) is 12.1. The predicted octanol–water partition coefficient (Wildman–Crippen LogP) is 6.47. The van der Waals surface area contributed by atoms with Gasteiger partial charge < -0.3 is 9.69 Å². The summed E-state index contributed by atoms with van der Waals surface area (Å²) < 4.78 is 0. The van der Waals surface area contributed by atoms with E-state index in [1.165, 1.54) is 68.2 Å². The van der Waals surface area contributed by atoms with Crippen molar-refractivity contribution in [2.24, 2.45) is 0 Å². The molecule has 3 heteroatoms. The van der Waals surface area contributed by atoms with Crippen LogP contribution in [0, 0.1) is 0 Å². The fraction of sp³-hybridized carbons (Fsp3) is 0.577. The molecule has 1 aromatic carbocycles. The summed E-state index contributed by atoms with van der Waals surface area (Å²) in [6.07, 6.45) is 15.6. The van der Waals surface area contributed by atoms with Crippen molar-refractivity contribution < 1.29 is 4.79 Å². The quantitative estimate of drug-likeness (QED) is 0.537. The Morgan fingerprint density at radius 2 is 1.93 bits per heavy atom. The van der Waals surface area contributed by atoms with Crippen LogP contribution in [0.5, 0.6) is 0 Å². The Morgan fingerprint density at radius 1 is 1.14 bits per heavy atom. The third-order valence-electron chi connectivity index (χ3n) is 8.33. The van der Waals surface area contributed by atoms with E-state index in [4.69, 9.17) is 0 Å². The molecule has 0 aromatic heterocycles. The number of benzene rings is 1. The number of nitrogens with zero attached hydrogens (tertiary/aromatic N) is 1. The van der Waals surface area contributed by atoms with E-state index in [1.807, 2.05) is 6.08 Å². The molecular weight excluding hydrogens is 370 g/mol. The van der Waals surface area contributed by atoms with Gasteiger partial charge in [0.1, 0.15) is 13.5 Å². The topological polar surface area (TPSA) is 20.3 Å². The molecule has 0 N–H and O–H groups in total. The minimum absolute atomic E-state index is 0.193. The molecule has 29 heavy (non-hydrogen) atoms. The second-order valence-corrected chi connectivity index (χ2v) is 14.9. The van der Waals surface area contributed by atoms with Gasteiger partial charge in [-0.05, 0) is 66.5 Å². The van der Waals surface area contributed by atoms with Crippen LogP contribution >= 0.6 is 0 Å². The number of unbranched alkanes of at least 4 members (excludes halogenated alkanes) is 1. The Bertz CT molecular complexity index is 903. The highest BCUT2D eigenvalue weighted by atomic mass is 28.3. The predicted molar refractivity (Wildman–Crippen MR) is 124 cm³/mol. The number of allylic oxidation sites excluding steroid dienone is 4. The first-order valence-corrected chi connectivity index (χ1v) is 14.9. The maximum Gasteiger partial charge on any atom is 0.139 e. The van der Waals surface area contributed by atoms with E-state index in [0.717, 1.165) is 13.0 Å². The van der Waals surface area contributed by atoms with Crippen LogP contribution in [-0.2, 0) is 16.6 Å². The number of aryl methyl sites for hydroxylation is 1. The zero-order valence-corrected chi connectivity index (χ0v) is 19.4. The molecule has 3 heterocycles. The SMILES string of the molecule is CCCCc1ccc2c(c1)C1(CCCCC1)C1=C3C=CC(=O)[Si](C)(C)C3CCN12. The van der Waals surface area contributed by atoms with Crippen molar-refractivity contribution in [1.82, 2.24) is 0 Å². The smallest absolute Gasteiger partial charge is 0.139 e. The molecule has 1 aromatic rings. The highest BCUT2D eigenvalue weighted by Crippen LogP contribution is 2.60. The first kappa shape index (κ1) is 19.4. The normalized spacial score (nSPS) is 26.5. The summed E-state index contributed by atoms with van der Waals surface area (Å²) in [6.45, 7) is 7.98. The Labute approximate surface area is 177 Å². The van der Waals surface area contributed by atoms with Crippen molar-refractivity contribution in [3.05, 3.63) is 52.7 Å².